The summed E-state index contributed by atoms with van der Waals surface area (Å²) in [5.74, 6) is -0.0950. The quantitative estimate of drug-likeness (QED) is 0.648. The highest BCUT2D eigenvalue weighted by molar-refractivity contribution is 5.87. The Morgan fingerprint density at radius 1 is 1.29 bits per heavy atom. The van der Waals surface area contributed by atoms with Gasteiger partial charge in [-0.2, -0.15) is 0 Å². The summed E-state index contributed by atoms with van der Waals surface area (Å²) in [6.45, 7) is 7.96. The maximum absolute atomic E-state index is 10.8. The number of carbonyl (C=O) groups excluding carboxylic acids is 1. The van der Waals surface area contributed by atoms with Crippen molar-refractivity contribution in [2.45, 2.75) is 39.7 Å². The van der Waals surface area contributed by atoms with Crippen LogP contribution in [0, 0.1) is 11.3 Å². The van der Waals surface area contributed by atoms with E-state index in [1.165, 1.54) is 0 Å². The van der Waals surface area contributed by atoms with Gasteiger partial charge in [0.25, 0.3) is 0 Å². The highest BCUT2D eigenvalue weighted by Gasteiger charge is 2.37. The molecule has 0 heterocycles. The van der Waals surface area contributed by atoms with E-state index < -0.39 is 12.1 Å². The molecule has 118 valence electrons. The molecule has 0 aliphatic rings. The summed E-state index contributed by atoms with van der Waals surface area (Å²) >= 11 is 0. The van der Waals surface area contributed by atoms with Crippen molar-refractivity contribution in [2.75, 3.05) is 11.9 Å². The van der Waals surface area contributed by atoms with Crippen LogP contribution in [0.3, 0.4) is 0 Å². The number of rotatable bonds is 6. The van der Waals surface area contributed by atoms with Gasteiger partial charge in [0.05, 0.1) is 12.7 Å². The van der Waals surface area contributed by atoms with Crippen LogP contribution < -0.4 is 11.1 Å². The van der Waals surface area contributed by atoms with Crippen molar-refractivity contribution < 1.29 is 15.0 Å². The van der Waals surface area contributed by atoms with E-state index in [0.29, 0.717) is 5.69 Å². The molecule has 2 unspecified atom stereocenters. The normalized spacial score (nSPS) is 14.8. The second-order valence-electron chi connectivity index (χ2n) is 6.32. The summed E-state index contributed by atoms with van der Waals surface area (Å²) < 4.78 is 0. The lowest BCUT2D eigenvalue weighted by Crippen LogP contribution is -2.40. The fraction of sp³-hybridized carbons (Fsp3) is 0.562. The Morgan fingerprint density at radius 2 is 1.81 bits per heavy atom. The van der Waals surface area contributed by atoms with Gasteiger partial charge < -0.3 is 21.3 Å². The zero-order valence-electron chi connectivity index (χ0n) is 13.1. The van der Waals surface area contributed by atoms with E-state index in [0.717, 1.165) is 5.56 Å². The Morgan fingerprint density at radius 3 is 2.19 bits per heavy atom. The molecule has 0 saturated carbocycles. The fourth-order valence-electron chi connectivity index (χ4n) is 2.20. The third-order valence-electron chi connectivity index (χ3n) is 4.43. The Kier molecular flexibility index (Phi) is 5.75. The molecule has 2 amide bonds. The van der Waals surface area contributed by atoms with E-state index in [1.54, 1.807) is 24.3 Å². The van der Waals surface area contributed by atoms with E-state index in [-0.39, 0.29) is 23.9 Å². The lowest BCUT2D eigenvalue weighted by molar-refractivity contribution is -0.0158. The van der Waals surface area contributed by atoms with E-state index >= 15 is 0 Å². The number of nitrogens with one attached hydrogen (secondary N) is 1. The molecule has 1 rings (SSSR count). The predicted octanol–water partition coefficient (Wildman–Crippen LogP) is 2.30. The van der Waals surface area contributed by atoms with E-state index in [9.17, 15) is 15.0 Å². The van der Waals surface area contributed by atoms with Crippen LogP contribution in [0.25, 0.3) is 0 Å². The van der Waals surface area contributed by atoms with Gasteiger partial charge in [-0.05, 0) is 29.0 Å². The molecule has 0 saturated heterocycles. The van der Waals surface area contributed by atoms with Crippen LogP contribution in [0.5, 0.6) is 0 Å². The van der Waals surface area contributed by atoms with Crippen LogP contribution in [0.1, 0.15) is 39.2 Å². The summed E-state index contributed by atoms with van der Waals surface area (Å²) in [6.07, 6.45) is -0.669. The van der Waals surface area contributed by atoms with Crippen LogP contribution in [-0.2, 0) is 0 Å². The molecule has 0 aliphatic carbocycles. The number of benzene rings is 1. The molecule has 0 bridgehead atoms. The Balaban J connectivity index is 2.97. The summed E-state index contributed by atoms with van der Waals surface area (Å²) in [7, 11) is 0. The van der Waals surface area contributed by atoms with Gasteiger partial charge in [0.15, 0.2) is 0 Å². The van der Waals surface area contributed by atoms with Gasteiger partial charge in [-0.1, -0.05) is 39.8 Å². The number of hydrogen-bond acceptors (Lipinski definition) is 3. The number of hydrogen-bond donors (Lipinski definition) is 4. The number of nitrogens with two attached hydrogens (primary N) is 1. The first-order valence-electron chi connectivity index (χ1n) is 7.15. The fourth-order valence-corrected chi connectivity index (χ4v) is 2.20. The highest BCUT2D eigenvalue weighted by atomic mass is 16.3. The molecule has 0 spiro atoms. The van der Waals surface area contributed by atoms with Crippen LogP contribution in [0.4, 0.5) is 10.5 Å². The average molecular weight is 294 g/mol. The first kappa shape index (κ1) is 17.5. The first-order valence-corrected chi connectivity index (χ1v) is 7.15. The molecule has 0 aromatic heterocycles. The molecule has 0 radical (unpaired) electrons. The number of anilines is 1. The smallest absolute Gasteiger partial charge is 0.316 e. The van der Waals surface area contributed by atoms with Gasteiger partial charge >= 0.3 is 6.03 Å². The summed E-state index contributed by atoms with van der Waals surface area (Å²) in [5.41, 5.74) is 6.15. The number of carbonyl (C=O) groups is 1. The van der Waals surface area contributed by atoms with Gasteiger partial charge in [-0.25, -0.2) is 4.79 Å². The first-order chi connectivity index (χ1) is 9.70. The largest absolute Gasteiger partial charge is 0.396 e. The number of aliphatic hydroxyl groups is 2. The third-order valence-corrected chi connectivity index (χ3v) is 4.43. The molecule has 21 heavy (non-hydrogen) atoms. The van der Waals surface area contributed by atoms with Gasteiger partial charge in [-0.15, -0.1) is 0 Å². The minimum atomic E-state index is -0.669. The van der Waals surface area contributed by atoms with Gasteiger partial charge in [0.2, 0.25) is 0 Å². The van der Waals surface area contributed by atoms with Gasteiger partial charge in [-0.3, -0.25) is 0 Å². The van der Waals surface area contributed by atoms with E-state index in [4.69, 9.17) is 5.73 Å². The number of amides is 2. The van der Waals surface area contributed by atoms with Crippen LogP contribution >= 0.6 is 0 Å². The Hall–Kier alpha value is -1.59. The van der Waals surface area contributed by atoms with Crippen molar-refractivity contribution in [2.24, 2.45) is 17.1 Å². The third kappa shape index (κ3) is 4.19. The molecule has 0 fully saturated rings. The lowest BCUT2D eigenvalue weighted by atomic mass is 9.70. The highest BCUT2D eigenvalue weighted by Crippen LogP contribution is 2.37. The van der Waals surface area contributed by atoms with Crippen molar-refractivity contribution >= 4 is 11.7 Å². The van der Waals surface area contributed by atoms with Crippen LogP contribution in [0.15, 0.2) is 24.3 Å². The topological polar surface area (TPSA) is 95.6 Å². The molecule has 5 nitrogen and oxygen atoms in total. The van der Waals surface area contributed by atoms with Crippen molar-refractivity contribution in [1.82, 2.24) is 0 Å². The molecule has 1 aromatic rings. The van der Waals surface area contributed by atoms with Crippen LogP contribution in [-0.4, -0.2) is 29.0 Å². The Bertz CT molecular complexity index is 469. The summed E-state index contributed by atoms with van der Waals surface area (Å²) in [4.78, 5) is 10.8. The molecule has 1 aromatic carbocycles. The zero-order chi connectivity index (χ0) is 16.2. The molecular weight excluding hydrogens is 268 g/mol. The standard InChI is InChI=1S/C16H26N2O3/c1-10(2)16(3,4)14(20)13(9-19)11-5-7-12(8-6-11)18-15(17)21/h5-8,10,13-14,19-20H,9H2,1-4H3,(H3,17,18,21). The van der Waals surface area contributed by atoms with E-state index in [2.05, 4.69) is 19.2 Å². The molecule has 0 aliphatic heterocycles. The van der Waals surface area contributed by atoms with Crippen molar-refractivity contribution in [3.8, 4) is 0 Å². The lowest BCUT2D eigenvalue weighted by Gasteiger charge is -2.38. The van der Waals surface area contributed by atoms with Crippen molar-refractivity contribution in [1.29, 1.82) is 0 Å². The predicted molar refractivity (Wildman–Crippen MR) is 84.1 cm³/mol. The number of primary amides is 1. The zero-order valence-corrected chi connectivity index (χ0v) is 13.1. The number of urea groups is 1. The molecule has 2 atom stereocenters. The van der Waals surface area contributed by atoms with Gasteiger partial charge in [0, 0.05) is 11.6 Å². The monoisotopic (exact) mass is 294 g/mol. The average Bonchev–Trinajstić information content (AvgIpc) is 2.40. The van der Waals surface area contributed by atoms with Crippen molar-refractivity contribution in [3.05, 3.63) is 29.8 Å². The molecule has 5 heteroatoms. The second kappa shape index (κ2) is 6.91. The maximum atomic E-state index is 10.8. The summed E-state index contributed by atoms with van der Waals surface area (Å²) in [6, 6.07) is 6.36. The van der Waals surface area contributed by atoms with Gasteiger partial charge in [0.1, 0.15) is 0 Å². The summed E-state index contributed by atoms with van der Waals surface area (Å²) in [5, 5.41) is 22.8. The maximum Gasteiger partial charge on any atom is 0.316 e. The minimum absolute atomic E-state index is 0.139. The molecular formula is C16H26N2O3. The number of aliphatic hydroxyl groups excluding tert-OH is 2. The van der Waals surface area contributed by atoms with Crippen LogP contribution in [0.2, 0.25) is 0 Å². The molecule has 5 N–H and O–H groups in total. The van der Waals surface area contributed by atoms with E-state index in [1.807, 2.05) is 13.8 Å². The Labute approximate surface area is 126 Å². The second-order valence-corrected chi connectivity index (χ2v) is 6.32. The van der Waals surface area contributed by atoms with Crippen molar-refractivity contribution in [3.63, 3.8) is 0 Å². The minimum Gasteiger partial charge on any atom is -0.396 e. The SMILES string of the molecule is CC(C)C(C)(C)C(O)C(CO)c1ccc(NC(N)=O)cc1.